The van der Waals surface area contributed by atoms with E-state index in [2.05, 4.69) is 15.1 Å². The Labute approximate surface area is 167 Å². The second-order valence-electron chi connectivity index (χ2n) is 7.58. The molecule has 0 bridgehead atoms. The van der Waals surface area contributed by atoms with Crippen LogP contribution in [0.5, 0.6) is 0 Å². The van der Waals surface area contributed by atoms with Gasteiger partial charge >= 0.3 is 0 Å². The number of carbonyl (C=O) groups is 1. The SMILES string of the molecule is Cc1nc(CN(C(=O)CCc2nc(C(C)(C)C)no2)c2ccc(F)cc2)cs1. The predicted molar refractivity (Wildman–Crippen MR) is 106 cm³/mol. The summed E-state index contributed by atoms with van der Waals surface area (Å²) in [4.78, 5) is 23.4. The van der Waals surface area contributed by atoms with Crippen molar-refractivity contribution in [3.05, 3.63) is 57.9 Å². The van der Waals surface area contributed by atoms with Crippen molar-refractivity contribution >= 4 is 22.9 Å². The summed E-state index contributed by atoms with van der Waals surface area (Å²) < 4.78 is 18.6. The molecule has 1 amide bonds. The van der Waals surface area contributed by atoms with E-state index in [-0.39, 0.29) is 23.6 Å². The number of halogens is 1. The van der Waals surface area contributed by atoms with Crippen molar-refractivity contribution < 1.29 is 13.7 Å². The molecule has 0 aliphatic heterocycles. The molecule has 0 saturated carbocycles. The summed E-state index contributed by atoms with van der Waals surface area (Å²) in [6.07, 6.45) is 0.544. The zero-order valence-corrected chi connectivity index (χ0v) is 17.2. The molecule has 1 aromatic carbocycles. The Kier molecular flexibility index (Phi) is 5.88. The van der Waals surface area contributed by atoms with Crippen LogP contribution in [-0.2, 0) is 23.2 Å². The number of hydrogen-bond acceptors (Lipinski definition) is 6. The molecule has 0 aliphatic carbocycles. The fourth-order valence-corrected chi connectivity index (χ4v) is 3.20. The number of aryl methyl sites for hydroxylation is 2. The first-order valence-corrected chi connectivity index (χ1v) is 9.90. The number of benzene rings is 1. The minimum absolute atomic E-state index is 0.118. The number of carbonyl (C=O) groups excluding carboxylic acids is 1. The molecule has 0 saturated heterocycles. The maximum atomic E-state index is 13.3. The summed E-state index contributed by atoms with van der Waals surface area (Å²) >= 11 is 1.53. The maximum absolute atomic E-state index is 13.3. The minimum atomic E-state index is -0.346. The van der Waals surface area contributed by atoms with Crippen molar-refractivity contribution in [2.24, 2.45) is 0 Å². The lowest BCUT2D eigenvalue weighted by Crippen LogP contribution is -2.30. The highest BCUT2D eigenvalue weighted by molar-refractivity contribution is 7.09. The Balaban J connectivity index is 1.74. The Morgan fingerprint density at radius 3 is 2.50 bits per heavy atom. The van der Waals surface area contributed by atoms with Crippen LogP contribution >= 0.6 is 11.3 Å². The maximum Gasteiger partial charge on any atom is 0.227 e. The standard InChI is InChI=1S/C20H23FN4O2S/c1-13-22-15(12-28-13)11-25(16-7-5-14(21)6-8-16)18(26)10-9-17-23-19(24-27-17)20(2,3)4/h5-8,12H,9-11H2,1-4H3. The van der Waals surface area contributed by atoms with E-state index < -0.39 is 0 Å². The van der Waals surface area contributed by atoms with Crippen LogP contribution in [0.2, 0.25) is 0 Å². The molecule has 0 N–H and O–H groups in total. The molecule has 0 fully saturated rings. The lowest BCUT2D eigenvalue weighted by atomic mass is 9.96. The van der Waals surface area contributed by atoms with Crippen LogP contribution in [0.4, 0.5) is 10.1 Å². The van der Waals surface area contributed by atoms with Crippen LogP contribution in [0.3, 0.4) is 0 Å². The van der Waals surface area contributed by atoms with E-state index in [9.17, 15) is 9.18 Å². The van der Waals surface area contributed by atoms with Gasteiger partial charge in [-0.3, -0.25) is 4.79 Å². The van der Waals surface area contributed by atoms with Crippen molar-refractivity contribution in [3.63, 3.8) is 0 Å². The highest BCUT2D eigenvalue weighted by atomic mass is 32.1. The number of amides is 1. The number of nitrogens with zero attached hydrogens (tertiary/aromatic N) is 4. The fourth-order valence-electron chi connectivity index (χ4n) is 2.60. The van der Waals surface area contributed by atoms with Gasteiger partial charge in [-0.15, -0.1) is 11.3 Å². The molecule has 2 aromatic heterocycles. The Morgan fingerprint density at radius 2 is 1.93 bits per heavy atom. The molecule has 0 radical (unpaired) electrons. The number of rotatable bonds is 6. The molecule has 0 spiro atoms. The lowest BCUT2D eigenvalue weighted by molar-refractivity contribution is -0.118. The third-order valence-corrected chi connectivity index (χ3v) is 4.94. The van der Waals surface area contributed by atoms with E-state index in [1.54, 1.807) is 17.0 Å². The van der Waals surface area contributed by atoms with Gasteiger partial charge in [-0.25, -0.2) is 9.37 Å². The van der Waals surface area contributed by atoms with Crippen LogP contribution in [0, 0.1) is 12.7 Å². The van der Waals surface area contributed by atoms with E-state index >= 15 is 0 Å². The molecule has 28 heavy (non-hydrogen) atoms. The minimum Gasteiger partial charge on any atom is -0.339 e. The molecular weight excluding hydrogens is 379 g/mol. The largest absolute Gasteiger partial charge is 0.339 e. The smallest absolute Gasteiger partial charge is 0.227 e. The van der Waals surface area contributed by atoms with E-state index in [1.165, 1.54) is 23.5 Å². The van der Waals surface area contributed by atoms with Crippen LogP contribution < -0.4 is 4.90 Å². The molecule has 0 unspecified atom stereocenters. The number of thiazole rings is 1. The van der Waals surface area contributed by atoms with Gasteiger partial charge < -0.3 is 9.42 Å². The quantitative estimate of drug-likeness (QED) is 0.610. The first-order valence-electron chi connectivity index (χ1n) is 9.02. The van der Waals surface area contributed by atoms with Crippen LogP contribution in [0.25, 0.3) is 0 Å². The van der Waals surface area contributed by atoms with Gasteiger partial charge in [0.05, 0.1) is 17.2 Å². The third kappa shape index (κ3) is 5.01. The van der Waals surface area contributed by atoms with Crippen molar-refractivity contribution in [2.75, 3.05) is 4.90 Å². The van der Waals surface area contributed by atoms with Crippen LogP contribution in [0.1, 0.15) is 49.6 Å². The average molecular weight is 402 g/mol. The first-order chi connectivity index (χ1) is 13.2. The summed E-state index contributed by atoms with van der Waals surface area (Å²) in [5, 5.41) is 6.84. The zero-order chi connectivity index (χ0) is 20.3. The van der Waals surface area contributed by atoms with E-state index in [1.807, 2.05) is 33.1 Å². The first kappa shape index (κ1) is 20.1. The Morgan fingerprint density at radius 1 is 1.21 bits per heavy atom. The van der Waals surface area contributed by atoms with Gasteiger partial charge in [-0.1, -0.05) is 25.9 Å². The van der Waals surface area contributed by atoms with Gasteiger partial charge in [-0.05, 0) is 31.2 Å². The summed E-state index contributed by atoms with van der Waals surface area (Å²) in [5.74, 6) is 0.583. The second kappa shape index (κ2) is 8.18. The predicted octanol–water partition coefficient (Wildman–Crippen LogP) is 4.44. The number of aromatic nitrogens is 3. The summed E-state index contributed by atoms with van der Waals surface area (Å²) in [5.41, 5.74) is 1.21. The monoisotopic (exact) mass is 402 g/mol. The van der Waals surface area contributed by atoms with E-state index in [0.717, 1.165) is 10.7 Å². The molecule has 0 atom stereocenters. The molecule has 0 aliphatic rings. The molecule has 2 heterocycles. The Bertz CT molecular complexity index is 944. The van der Waals surface area contributed by atoms with Crippen molar-refractivity contribution in [3.8, 4) is 0 Å². The molecule has 8 heteroatoms. The van der Waals surface area contributed by atoms with Gasteiger partial charge in [-0.2, -0.15) is 4.98 Å². The van der Waals surface area contributed by atoms with E-state index in [4.69, 9.17) is 4.52 Å². The molecule has 148 valence electrons. The topological polar surface area (TPSA) is 72.1 Å². The van der Waals surface area contributed by atoms with Gasteiger partial charge in [0.2, 0.25) is 11.8 Å². The fraction of sp³-hybridized carbons (Fsp3) is 0.400. The number of anilines is 1. The summed E-state index contributed by atoms with van der Waals surface area (Å²) in [6.45, 7) is 8.24. The van der Waals surface area contributed by atoms with Gasteiger partial charge in [0.15, 0.2) is 5.82 Å². The van der Waals surface area contributed by atoms with Gasteiger partial charge in [0, 0.05) is 29.3 Å². The molecule has 3 aromatic rings. The van der Waals surface area contributed by atoms with Crippen LogP contribution in [-0.4, -0.2) is 21.0 Å². The van der Waals surface area contributed by atoms with Crippen molar-refractivity contribution in [1.29, 1.82) is 0 Å². The third-order valence-electron chi connectivity index (χ3n) is 4.12. The highest BCUT2D eigenvalue weighted by Crippen LogP contribution is 2.22. The zero-order valence-electron chi connectivity index (χ0n) is 16.4. The van der Waals surface area contributed by atoms with Crippen molar-refractivity contribution in [2.45, 2.75) is 52.5 Å². The van der Waals surface area contributed by atoms with Crippen molar-refractivity contribution in [1.82, 2.24) is 15.1 Å². The second-order valence-corrected chi connectivity index (χ2v) is 8.64. The normalized spacial score (nSPS) is 11.6. The van der Waals surface area contributed by atoms with Gasteiger partial charge in [0.25, 0.3) is 0 Å². The summed E-state index contributed by atoms with van der Waals surface area (Å²) in [7, 11) is 0. The van der Waals surface area contributed by atoms with Crippen LogP contribution in [0.15, 0.2) is 34.2 Å². The average Bonchev–Trinajstić information content (AvgIpc) is 3.27. The molecular formula is C20H23FN4O2S. The van der Waals surface area contributed by atoms with Gasteiger partial charge in [0.1, 0.15) is 5.82 Å². The van der Waals surface area contributed by atoms with E-state index in [0.29, 0.717) is 30.4 Å². The summed E-state index contributed by atoms with van der Waals surface area (Å²) in [6, 6.07) is 5.87. The lowest BCUT2D eigenvalue weighted by Gasteiger charge is -2.22. The number of hydrogen-bond donors (Lipinski definition) is 0. The Hall–Kier alpha value is -2.61. The molecule has 6 nitrogen and oxygen atoms in total. The highest BCUT2D eigenvalue weighted by Gasteiger charge is 2.22. The molecule has 3 rings (SSSR count).